The maximum atomic E-state index is 13.0. The molecule has 0 unspecified atom stereocenters. The van der Waals surface area contributed by atoms with Crippen LogP contribution in [0.2, 0.25) is 0 Å². The van der Waals surface area contributed by atoms with E-state index in [0.29, 0.717) is 12.8 Å². The van der Waals surface area contributed by atoms with Crippen LogP contribution < -0.4 is 10.6 Å². The smallest absolute Gasteiger partial charge is 0.325 e. The normalized spacial score (nSPS) is 26.6. The molecule has 1 saturated carbocycles. The summed E-state index contributed by atoms with van der Waals surface area (Å²) in [5.74, 6) is -0.845. The van der Waals surface area contributed by atoms with Gasteiger partial charge in [-0.1, -0.05) is 20.8 Å². The number of amides is 4. The predicted octanol–water partition coefficient (Wildman–Crippen LogP) is 3.78. The second kappa shape index (κ2) is 7.03. The molecule has 1 heterocycles. The zero-order chi connectivity index (χ0) is 21.6. The molecule has 2 fully saturated rings. The highest BCUT2D eigenvalue weighted by Gasteiger charge is 2.56. The van der Waals surface area contributed by atoms with Gasteiger partial charge in [0.05, 0.1) is 5.56 Å². The van der Waals surface area contributed by atoms with Gasteiger partial charge in [0.15, 0.2) is 0 Å². The van der Waals surface area contributed by atoms with Crippen LogP contribution in [-0.4, -0.2) is 34.8 Å². The lowest BCUT2D eigenvalue weighted by Gasteiger charge is -2.43. The first-order valence-corrected chi connectivity index (χ1v) is 9.43. The van der Waals surface area contributed by atoms with Gasteiger partial charge in [-0.2, -0.15) is 13.2 Å². The molecular formula is C20H24F3N3O3. The first kappa shape index (κ1) is 21.1. The fourth-order valence-electron chi connectivity index (χ4n) is 4.74. The Morgan fingerprint density at radius 3 is 2.38 bits per heavy atom. The molecule has 3 rings (SSSR count). The number of alkyl halides is 3. The van der Waals surface area contributed by atoms with Crippen LogP contribution in [0.15, 0.2) is 24.3 Å². The van der Waals surface area contributed by atoms with Crippen molar-refractivity contribution in [1.29, 1.82) is 0 Å². The molecule has 158 valence electrons. The van der Waals surface area contributed by atoms with E-state index in [2.05, 4.69) is 10.6 Å². The third-order valence-electron chi connectivity index (χ3n) is 5.42. The van der Waals surface area contributed by atoms with E-state index >= 15 is 0 Å². The van der Waals surface area contributed by atoms with Crippen molar-refractivity contribution in [2.75, 3.05) is 11.9 Å². The van der Waals surface area contributed by atoms with Crippen LogP contribution in [0.1, 0.15) is 45.6 Å². The van der Waals surface area contributed by atoms with E-state index in [0.717, 1.165) is 35.6 Å². The molecule has 1 aliphatic carbocycles. The molecule has 0 radical (unpaired) electrons. The lowest BCUT2D eigenvalue weighted by molar-refractivity contribution is -0.137. The van der Waals surface area contributed by atoms with E-state index < -0.39 is 41.7 Å². The summed E-state index contributed by atoms with van der Waals surface area (Å²) in [5, 5.41) is 5.21. The number of halogens is 3. The van der Waals surface area contributed by atoms with Crippen LogP contribution in [0.3, 0.4) is 0 Å². The number of carbonyl (C=O) groups is 3. The molecule has 9 heteroatoms. The molecule has 6 nitrogen and oxygen atoms in total. The van der Waals surface area contributed by atoms with Crippen LogP contribution >= 0.6 is 0 Å². The van der Waals surface area contributed by atoms with Crippen molar-refractivity contribution in [2.45, 2.75) is 51.7 Å². The maximum absolute atomic E-state index is 13.0. The van der Waals surface area contributed by atoms with E-state index in [9.17, 15) is 27.6 Å². The highest BCUT2D eigenvalue weighted by Crippen LogP contribution is 2.46. The molecule has 2 N–H and O–H groups in total. The summed E-state index contributed by atoms with van der Waals surface area (Å²) in [4.78, 5) is 38.6. The van der Waals surface area contributed by atoms with Crippen molar-refractivity contribution in [3.05, 3.63) is 29.8 Å². The quantitative estimate of drug-likeness (QED) is 0.743. The Bertz CT molecular complexity index is 836. The molecule has 2 atom stereocenters. The van der Waals surface area contributed by atoms with Crippen molar-refractivity contribution in [3.63, 3.8) is 0 Å². The lowest BCUT2D eigenvalue weighted by atomic mass is 9.64. The number of rotatable bonds is 3. The highest BCUT2D eigenvalue weighted by molar-refractivity contribution is 6.10. The third kappa shape index (κ3) is 4.38. The van der Waals surface area contributed by atoms with Crippen molar-refractivity contribution in [2.24, 2.45) is 11.3 Å². The van der Waals surface area contributed by atoms with Crippen LogP contribution in [-0.2, 0) is 15.8 Å². The van der Waals surface area contributed by atoms with Gasteiger partial charge in [-0.25, -0.2) is 4.79 Å². The van der Waals surface area contributed by atoms with E-state index in [1.807, 2.05) is 20.8 Å². The number of urea groups is 1. The SMILES string of the molecule is C[C@H]1CC(C)(C)C[C@]2(C1)NC(=O)N(CC(=O)Nc1ccc(C(F)(F)F)cc1)C2=O. The largest absolute Gasteiger partial charge is 0.416 e. The second-order valence-corrected chi connectivity index (χ2v) is 8.88. The molecule has 1 aromatic rings. The van der Waals surface area contributed by atoms with Crippen molar-refractivity contribution >= 4 is 23.5 Å². The summed E-state index contributed by atoms with van der Waals surface area (Å²) < 4.78 is 37.9. The summed E-state index contributed by atoms with van der Waals surface area (Å²) >= 11 is 0. The fraction of sp³-hybridized carbons (Fsp3) is 0.550. The van der Waals surface area contributed by atoms with Gasteiger partial charge in [-0.15, -0.1) is 0 Å². The Labute approximate surface area is 166 Å². The molecule has 1 aliphatic heterocycles. The van der Waals surface area contributed by atoms with Gasteiger partial charge in [0, 0.05) is 5.69 Å². The summed E-state index contributed by atoms with van der Waals surface area (Å²) in [5.41, 5.74) is -1.82. The average molecular weight is 411 g/mol. The zero-order valence-electron chi connectivity index (χ0n) is 16.5. The van der Waals surface area contributed by atoms with Crippen LogP contribution in [0.5, 0.6) is 0 Å². The van der Waals surface area contributed by atoms with E-state index in [4.69, 9.17) is 0 Å². The van der Waals surface area contributed by atoms with Crippen molar-refractivity contribution in [3.8, 4) is 0 Å². The number of hydrogen-bond donors (Lipinski definition) is 2. The summed E-state index contributed by atoms with van der Waals surface area (Å²) in [6, 6.07) is 3.33. The van der Waals surface area contributed by atoms with E-state index in [1.54, 1.807) is 0 Å². The van der Waals surface area contributed by atoms with Crippen LogP contribution in [0.25, 0.3) is 0 Å². The van der Waals surface area contributed by atoms with Gasteiger partial charge in [0.1, 0.15) is 12.1 Å². The molecule has 1 spiro atoms. The van der Waals surface area contributed by atoms with Crippen LogP contribution in [0, 0.1) is 11.3 Å². The Hall–Kier alpha value is -2.58. The standard InChI is InChI=1S/C20H24F3N3O3/c1-12-8-18(2,3)11-19(9-12)16(28)26(17(29)25-19)10-15(27)24-14-6-4-13(5-7-14)20(21,22)23/h4-7,12H,8-11H2,1-3H3,(H,24,27)(H,25,29)/t12-,19-/m0/s1. The van der Waals surface area contributed by atoms with Crippen LogP contribution in [0.4, 0.5) is 23.7 Å². The van der Waals surface area contributed by atoms with Gasteiger partial charge in [0.2, 0.25) is 5.91 Å². The van der Waals surface area contributed by atoms with Crippen molar-refractivity contribution < 1.29 is 27.6 Å². The average Bonchev–Trinajstić information content (AvgIpc) is 2.76. The summed E-state index contributed by atoms with van der Waals surface area (Å²) in [6.07, 6.45) is -2.53. The van der Waals surface area contributed by atoms with Gasteiger partial charge in [-0.3, -0.25) is 14.5 Å². The first-order valence-electron chi connectivity index (χ1n) is 9.43. The Morgan fingerprint density at radius 1 is 1.21 bits per heavy atom. The second-order valence-electron chi connectivity index (χ2n) is 8.88. The van der Waals surface area contributed by atoms with Gasteiger partial charge < -0.3 is 10.6 Å². The number of anilines is 1. The van der Waals surface area contributed by atoms with Gasteiger partial charge >= 0.3 is 12.2 Å². The molecule has 0 bridgehead atoms. The fourth-order valence-corrected chi connectivity index (χ4v) is 4.74. The zero-order valence-corrected chi connectivity index (χ0v) is 16.5. The molecule has 1 aromatic carbocycles. The number of nitrogens with zero attached hydrogens (tertiary/aromatic N) is 1. The lowest BCUT2D eigenvalue weighted by Crippen LogP contribution is -2.54. The summed E-state index contributed by atoms with van der Waals surface area (Å²) in [7, 11) is 0. The van der Waals surface area contributed by atoms with Gasteiger partial charge in [-0.05, 0) is 54.9 Å². The third-order valence-corrected chi connectivity index (χ3v) is 5.42. The minimum Gasteiger partial charge on any atom is -0.325 e. The first-order chi connectivity index (χ1) is 13.3. The monoisotopic (exact) mass is 411 g/mol. The Balaban J connectivity index is 1.68. The molecular weight excluding hydrogens is 387 g/mol. The predicted molar refractivity (Wildman–Crippen MR) is 99.8 cm³/mol. The number of imide groups is 1. The minimum atomic E-state index is -4.47. The molecule has 4 amide bonds. The molecule has 0 aromatic heterocycles. The Morgan fingerprint density at radius 2 is 1.83 bits per heavy atom. The molecule has 1 saturated heterocycles. The molecule has 29 heavy (non-hydrogen) atoms. The van der Waals surface area contributed by atoms with E-state index in [1.165, 1.54) is 0 Å². The van der Waals surface area contributed by atoms with Gasteiger partial charge in [0.25, 0.3) is 5.91 Å². The highest BCUT2D eigenvalue weighted by atomic mass is 19.4. The van der Waals surface area contributed by atoms with Crippen molar-refractivity contribution in [1.82, 2.24) is 10.2 Å². The number of hydrogen-bond acceptors (Lipinski definition) is 3. The maximum Gasteiger partial charge on any atom is 0.416 e. The summed E-state index contributed by atoms with van der Waals surface area (Å²) in [6.45, 7) is 5.62. The molecule has 2 aliphatic rings. The topological polar surface area (TPSA) is 78.5 Å². The number of benzene rings is 1. The number of nitrogens with one attached hydrogen (secondary N) is 2. The number of carbonyl (C=O) groups excluding carboxylic acids is 3. The Kier molecular flexibility index (Phi) is 5.13. The van der Waals surface area contributed by atoms with E-state index in [-0.39, 0.29) is 17.0 Å². The minimum absolute atomic E-state index is 0.126.